The summed E-state index contributed by atoms with van der Waals surface area (Å²) >= 11 is 1.51. The van der Waals surface area contributed by atoms with E-state index in [-0.39, 0.29) is 49.6 Å². The summed E-state index contributed by atoms with van der Waals surface area (Å²) in [6, 6.07) is 9.63. The molecule has 3 aliphatic rings. The maximum Gasteiger partial charge on any atom is 0.408 e. The number of allylic oxidation sites excluding steroid dienone is 2. The number of esters is 1. The lowest BCUT2D eigenvalue weighted by Crippen LogP contribution is -2.52. The number of fused-ring (bicyclic) bond motifs is 3. The van der Waals surface area contributed by atoms with Crippen LogP contribution in [-0.4, -0.2) is 75.6 Å². The molecular weight excluding hydrogens is 657 g/mol. The molecule has 1 N–H and O–H groups in total. The zero-order valence-corrected chi connectivity index (χ0v) is 30.0. The van der Waals surface area contributed by atoms with E-state index < -0.39 is 35.3 Å². The molecule has 6 rings (SSSR count). The summed E-state index contributed by atoms with van der Waals surface area (Å²) in [5, 5.41) is 4.76. The van der Waals surface area contributed by atoms with Crippen LogP contribution in [0.4, 0.5) is 4.79 Å². The van der Waals surface area contributed by atoms with Crippen LogP contribution >= 0.6 is 11.3 Å². The first-order valence-corrected chi connectivity index (χ1v) is 18.5. The number of alkyl carbamates (subject to hydrolysis) is 1. The van der Waals surface area contributed by atoms with Crippen LogP contribution in [-0.2, 0) is 23.9 Å². The third kappa shape index (κ3) is 8.01. The van der Waals surface area contributed by atoms with Crippen LogP contribution in [0.5, 0.6) is 5.88 Å². The van der Waals surface area contributed by atoms with Gasteiger partial charge in [-0.25, -0.2) is 14.8 Å². The van der Waals surface area contributed by atoms with Gasteiger partial charge in [-0.3, -0.25) is 14.4 Å². The number of para-hydroxylation sites is 2. The molecule has 1 aromatic carbocycles. The smallest absolute Gasteiger partial charge is 0.408 e. The normalized spacial score (nSPS) is 26.6. The number of nitrogens with zero attached hydrogens (tertiary/aromatic N) is 3. The molecule has 0 bridgehead atoms. The number of hydrogen-bond acceptors (Lipinski definition) is 10. The average Bonchev–Trinajstić information content (AvgIpc) is 3.38. The molecule has 12 heteroatoms. The molecule has 5 atom stereocenters. The van der Waals surface area contributed by atoms with Crippen LogP contribution in [0.25, 0.3) is 21.6 Å². The molecule has 266 valence electrons. The summed E-state index contributed by atoms with van der Waals surface area (Å²) in [4.78, 5) is 67.2. The zero-order valence-electron chi connectivity index (χ0n) is 29.2. The van der Waals surface area contributed by atoms with Gasteiger partial charge in [0.05, 0.1) is 40.5 Å². The van der Waals surface area contributed by atoms with Crippen molar-refractivity contribution in [3.8, 4) is 16.5 Å². The fourth-order valence-electron chi connectivity index (χ4n) is 6.98. The maximum absolute atomic E-state index is 14.5. The number of carbonyl (C=O) groups excluding carboxylic acids is 4. The van der Waals surface area contributed by atoms with Gasteiger partial charge in [-0.15, -0.1) is 11.3 Å². The lowest BCUT2D eigenvalue weighted by Gasteiger charge is -2.30. The fraction of sp³-hybridized carbons (Fsp3) is 0.526. The highest BCUT2D eigenvalue weighted by Crippen LogP contribution is 2.57. The second kappa shape index (κ2) is 14.9. The molecule has 2 fully saturated rings. The highest BCUT2D eigenvalue weighted by Gasteiger charge is 2.61. The summed E-state index contributed by atoms with van der Waals surface area (Å²) < 4.78 is 17.6. The minimum Gasteiger partial charge on any atom is -0.471 e. The number of benzene rings is 1. The van der Waals surface area contributed by atoms with Gasteiger partial charge in [0.1, 0.15) is 23.4 Å². The number of nitrogens with one attached hydrogen (secondary N) is 1. The highest BCUT2D eigenvalue weighted by molar-refractivity contribution is 7.13. The molecule has 2 aliphatic heterocycles. The first-order valence-electron chi connectivity index (χ1n) is 17.6. The van der Waals surface area contributed by atoms with Gasteiger partial charge in [0, 0.05) is 12.8 Å². The quantitative estimate of drug-likeness (QED) is 0.221. The zero-order chi connectivity index (χ0) is 35.5. The van der Waals surface area contributed by atoms with Crippen molar-refractivity contribution in [1.82, 2.24) is 20.2 Å². The van der Waals surface area contributed by atoms with Gasteiger partial charge in [-0.1, -0.05) is 43.2 Å². The summed E-state index contributed by atoms with van der Waals surface area (Å²) in [5.41, 5.74) is 0.254. The minimum absolute atomic E-state index is 0.0532. The Morgan fingerprint density at radius 2 is 1.84 bits per heavy atom. The van der Waals surface area contributed by atoms with Crippen molar-refractivity contribution < 1.29 is 33.4 Å². The molecule has 1 unspecified atom stereocenters. The molecule has 50 heavy (non-hydrogen) atoms. The first kappa shape index (κ1) is 35.5. The van der Waals surface area contributed by atoms with Crippen LogP contribution < -0.4 is 10.1 Å². The Morgan fingerprint density at radius 1 is 1.06 bits per heavy atom. The second-order valence-corrected chi connectivity index (χ2v) is 15.4. The number of ether oxygens (including phenoxy) is 3. The van der Waals surface area contributed by atoms with Crippen molar-refractivity contribution in [2.45, 2.75) is 103 Å². The van der Waals surface area contributed by atoms with E-state index in [1.54, 1.807) is 27.7 Å². The third-order valence-electron chi connectivity index (χ3n) is 9.52. The fourth-order valence-corrected chi connectivity index (χ4v) is 7.69. The Hall–Kier alpha value is -4.32. The van der Waals surface area contributed by atoms with E-state index in [1.807, 2.05) is 47.9 Å². The molecule has 3 aromatic rings. The predicted octanol–water partition coefficient (Wildman–Crippen LogP) is 6.65. The number of hydrogen-bond donors (Lipinski definition) is 1. The molecular formula is C38H46N4O7S. The van der Waals surface area contributed by atoms with Gasteiger partial charge in [-0.2, -0.15) is 0 Å². The van der Waals surface area contributed by atoms with E-state index in [9.17, 15) is 19.2 Å². The molecule has 1 saturated heterocycles. The van der Waals surface area contributed by atoms with E-state index in [4.69, 9.17) is 24.2 Å². The topological polar surface area (TPSA) is 137 Å². The van der Waals surface area contributed by atoms with Crippen LogP contribution in [0, 0.1) is 11.3 Å². The first-order chi connectivity index (χ1) is 24.0. The monoisotopic (exact) mass is 702 g/mol. The van der Waals surface area contributed by atoms with Gasteiger partial charge in [0.2, 0.25) is 11.8 Å². The van der Waals surface area contributed by atoms with Crippen molar-refractivity contribution in [3.63, 3.8) is 0 Å². The van der Waals surface area contributed by atoms with Crippen molar-refractivity contribution in [1.29, 1.82) is 0 Å². The Morgan fingerprint density at radius 3 is 2.56 bits per heavy atom. The van der Waals surface area contributed by atoms with E-state index >= 15 is 0 Å². The standard InChI is InChI=1S/C38H46N4O7S/c1-5-47-35(45)38-21-24(38)14-9-7-6-8-10-17-28(41-36(46)49-37(2,3)4)34(44)42-23-25(20-29(42)30(43)22-38)48-33-32(31-18-13-19-50-31)39-26-15-11-12-16-27(26)40-33/h9,11-16,18-19,24-25,28-29H,5-8,10,17,20-23H2,1-4H3,(H,41,46)/b14-9-/t24-,25?,28+,29+,38-/m1/s1. The number of aromatic nitrogens is 2. The van der Waals surface area contributed by atoms with Gasteiger partial charge in [0.25, 0.3) is 0 Å². The van der Waals surface area contributed by atoms with Gasteiger partial charge in [-0.05, 0) is 82.9 Å². The van der Waals surface area contributed by atoms with Gasteiger partial charge < -0.3 is 24.4 Å². The summed E-state index contributed by atoms with van der Waals surface area (Å²) in [6.45, 7) is 7.36. The second-order valence-electron chi connectivity index (χ2n) is 14.4. The maximum atomic E-state index is 14.5. The lowest BCUT2D eigenvalue weighted by atomic mass is 9.91. The number of carbonyl (C=O) groups is 4. The number of rotatable bonds is 6. The third-order valence-corrected chi connectivity index (χ3v) is 10.4. The van der Waals surface area contributed by atoms with Crippen LogP contribution in [0.3, 0.4) is 0 Å². The Kier molecular flexibility index (Phi) is 10.6. The van der Waals surface area contributed by atoms with Crippen molar-refractivity contribution in [2.24, 2.45) is 11.3 Å². The van der Waals surface area contributed by atoms with Crippen LogP contribution in [0.15, 0.2) is 53.9 Å². The summed E-state index contributed by atoms with van der Waals surface area (Å²) in [7, 11) is 0. The molecule has 2 amide bonds. The van der Waals surface area contributed by atoms with Crippen LogP contribution in [0.1, 0.15) is 79.1 Å². The van der Waals surface area contributed by atoms with E-state index in [1.165, 1.54) is 16.2 Å². The van der Waals surface area contributed by atoms with Crippen molar-refractivity contribution in [2.75, 3.05) is 13.2 Å². The molecule has 0 radical (unpaired) electrons. The molecule has 11 nitrogen and oxygen atoms in total. The molecule has 4 heterocycles. The number of ketones is 1. The van der Waals surface area contributed by atoms with Gasteiger partial charge >= 0.3 is 12.1 Å². The Bertz CT molecular complexity index is 1750. The summed E-state index contributed by atoms with van der Waals surface area (Å²) in [6.07, 6.45) is 7.14. The Balaban J connectivity index is 1.33. The minimum atomic E-state index is -0.957. The van der Waals surface area contributed by atoms with Crippen LogP contribution in [0.2, 0.25) is 0 Å². The van der Waals surface area contributed by atoms with Gasteiger partial charge in [0.15, 0.2) is 5.78 Å². The Labute approximate surface area is 296 Å². The van der Waals surface area contributed by atoms with Crippen molar-refractivity contribution in [3.05, 3.63) is 53.9 Å². The largest absolute Gasteiger partial charge is 0.471 e. The van der Waals surface area contributed by atoms with E-state index in [2.05, 4.69) is 11.4 Å². The average molecular weight is 703 g/mol. The van der Waals surface area contributed by atoms with E-state index in [0.29, 0.717) is 36.4 Å². The molecule has 1 aliphatic carbocycles. The molecule has 1 saturated carbocycles. The lowest BCUT2D eigenvalue weighted by molar-refractivity contribution is -0.152. The SMILES string of the molecule is CCOC(=O)[C@]12CC(=O)[C@@H]3CC(Oc4nc5ccccc5nc4-c4cccs4)CN3C(=O)[C@@H](NC(=O)OC(C)(C)C)CCCCC/C=C\[C@@H]1C2. The number of thiophene rings is 1. The molecule has 0 spiro atoms. The summed E-state index contributed by atoms with van der Waals surface area (Å²) in [5.74, 6) is -0.780. The predicted molar refractivity (Wildman–Crippen MR) is 190 cm³/mol. The number of amides is 2. The van der Waals surface area contributed by atoms with E-state index in [0.717, 1.165) is 29.7 Å². The number of Topliss-reactive ketones (excluding diaryl/α,β-unsaturated/α-hetero) is 1. The molecule has 2 aromatic heterocycles. The van der Waals surface area contributed by atoms with Crippen molar-refractivity contribution >= 4 is 46.1 Å². The highest BCUT2D eigenvalue weighted by atomic mass is 32.1.